The van der Waals surface area contributed by atoms with Crippen molar-refractivity contribution in [3.63, 3.8) is 0 Å². The summed E-state index contributed by atoms with van der Waals surface area (Å²) >= 11 is 0. The lowest BCUT2D eigenvalue weighted by Gasteiger charge is -2.38. The molecule has 0 radical (unpaired) electrons. The van der Waals surface area contributed by atoms with E-state index in [-0.39, 0.29) is 0 Å². The Morgan fingerprint density at radius 2 is 2.16 bits per heavy atom. The molecule has 0 amide bonds. The van der Waals surface area contributed by atoms with Gasteiger partial charge in [0.2, 0.25) is 0 Å². The van der Waals surface area contributed by atoms with E-state index >= 15 is 0 Å². The third kappa shape index (κ3) is 5.06. The fourth-order valence-electron chi connectivity index (χ4n) is 3.30. The second-order valence-corrected chi connectivity index (χ2v) is 6.59. The molecule has 1 fully saturated rings. The van der Waals surface area contributed by atoms with Gasteiger partial charge in [-0.1, -0.05) is 35.5 Å². The Balaban J connectivity index is 1.46. The van der Waals surface area contributed by atoms with Gasteiger partial charge in [0, 0.05) is 38.3 Å². The Morgan fingerprint density at radius 3 is 2.84 bits per heavy atom. The molecule has 1 aromatic heterocycles. The molecule has 0 aliphatic carbocycles. The molecule has 2 heterocycles. The fourth-order valence-corrected chi connectivity index (χ4v) is 3.30. The number of benzene rings is 1. The second-order valence-electron chi connectivity index (χ2n) is 6.59. The standard InChI is InChI=1S/C19H27N5O/c1-15-12-17(8-10-24(15)14-16-6-4-3-5-7-16)22-19(20-2)21-13-18-9-11-25-23-18/h3-7,9,11,15,17H,8,10,12-14H2,1-2H3,(H2,20,21,22). The van der Waals surface area contributed by atoms with Gasteiger partial charge in [0.05, 0.1) is 6.54 Å². The number of likely N-dealkylation sites (tertiary alicyclic amines) is 1. The molecule has 25 heavy (non-hydrogen) atoms. The molecule has 0 bridgehead atoms. The molecular weight excluding hydrogens is 314 g/mol. The summed E-state index contributed by atoms with van der Waals surface area (Å²) < 4.78 is 4.85. The number of aliphatic imine (C=N–C) groups is 1. The van der Waals surface area contributed by atoms with Gasteiger partial charge in [-0.3, -0.25) is 9.89 Å². The highest BCUT2D eigenvalue weighted by Crippen LogP contribution is 2.19. The molecule has 134 valence electrons. The van der Waals surface area contributed by atoms with Crippen LogP contribution in [0, 0.1) is 0 Å². The fraction of sp³-hybridized carbons (Fsp3) is 0.474. The number of rotatable bonds is 5. The quantitative estimate of drug-likeness (QED) is 0.646. The van der Waals surface area contributed by atoms with Crippen molar-refractivity contribution in [2.24, 2.45) is 4.99 Å². The Kier molecular flexibility index (Phi) is 6.06. The Bertz CT molecular complexity index is 656. The summed E-state index contributed by atoms with van der Waals surface area (Å²) in [6.45, 7) is 5.03. The van der Waals surface area contributed by atoms with Crippen LogP contribution in [0.1, 0.15) is 31.0 Å². The number of hydrogen-bond donors (Lipinski definition) is 2. The van der Waals surface area contributed by atoms with Gasteiger partial charge < -0.3 is 15.2 Å². The molecular formula is C19H27N5O. The van der Waals surface area contributed by atoms with Crippen molar-refractivity contribution in [3.05, 3.63) is 53.9 Å². The smallest absolute Gasteiger partial charge is 0.191 e. The minimum atomic E-state index is 0.436. The zero-order chi connectivity index (χ0) is 17.5. The van der Waals surface area contributed by atoms with E-state index in [2.05, 4.69) is 62.9 Å². The highest BCUT2D eigenvalue weighted by atomic mass is 16.5. The van der Waals surface area contributed by atoms with Crippen LogP contribution in [0.15, 0.2) is 52.2 Å². The molecule has 1 aliphatic heterocycles. The third-order valence-corrected chi connectivity index (χ3v) is 4.73. The monoisotopic (exact) mass is 341 g/mol. The maximum Gasteiger partial charge on any atom is 0.191 e. The van der Waals surface area contributed by atoms with E-state index in [9.17, 15) is 0 Å². The molecule has 0 saturated carbocycles. The zero-order valence-corrected chi connectivity index (χ0v) is 15.0. The van der Waals surface area contributed by atoms with E-state index in [1.165, 1.54) is 5.56 Å². The van der Waals surface area contributed by atoms with Gasteiger partial charge in [-0.25, -0.2) is 0 Å². The first-order chi connectivity index (χ1) is 12.2. The van der Waals surface area contributed by atoms with Gasteiger partial charge in [0.1, 0.15) is 12.0 Å². The highest BCUT2D eigenvalue weighted by Gasteiger charge is 2.25. The van der Waals surface area contributed by atoms with E-state index in [0.717, 1.165) is 37.6 Å². The van der Waals surface area contributed by atoms with Crippen molar-refractivity contribution in [1.82, 2.24) is 20.7 Å². The molecule has 6 heteroatoms. The van der Waals surface area contributed by atoms with Crippen LogP contribution in [0.5, 0.6) is 0 Å². The summed E-state index contributed by atoms with van der Waals surface area (Å²) in [6, 6.07) is 13.5. The van der Waals surface area contributed by atoms with Crippen LogP contribution >= 0.6 is 0 Å². The van der Waals surface area contributed by atoms with Crippen LogP contribution in [-0.2, 0) is 13.1 Å². The first kappa shape index (κ1) is 17.5. The highest BCUT2D eigenvalue weighted by molar-refractivity contribution is 5.79. The van der Waals surface area contributed by atoms with Crippen LogP contribution in [0.3, 0.4) is 0 Å². The van der Waals surface area contributed by atoms with Crippen LogP contribution in [0.25, 0.3) is 0 Å². The molecule has 2 atom stereocenters. The minimum Gasteiger partial charge on any atom is -0.364 e. The molecule has 6 nitrogen and oxygen atoms in total. The topological polar surface area (TPSA) is 65.7 Å². The van der Waals surface area contributed by atoms with E-state index < -0.39 is 0 Å². The number of nitrogens with zero attached hydrogens (tertiary/aromatic N) is 3. The molecule has 1 aromatic carbocycles. The summed E-state index contributed by atoms with van der Waals surface area (Å²) in [5.41, 5.74) is 2.25. The molecule has 2 aromatic rings. The van der Waals surface area contributed by atoms with Gasteiger partial charge >= 0.3 is 0 Å². The Morgan fingerprint density at radius 1 is 1.32 bits per heavy atom. The van der Waals surface area contributed by atoms with Crippen molar-refractivity contribution >= 4 is 5.96 Å². The van der Waals surface area contributed by atoms with Crippen LogP contribution in [0.4, 0.5) is 0 Å². The van der Waals surface area contributed by atoms with E-state index in [1.54, 1.807) is 13.3 Å². The molecule has 1 saturated heterocycles. The number of nitrogens with one attached hydrogen (secondary N) is 2. The lowest BCUT2D eigenvalue weighted by molar-refractivity contribution is 0.134. The van der Waals surface area contributed by atoms with Gasteiger partial charge in [0.15, 0.2) is 5.96 Å². The van der Waals surface area contributed by atoms with Crippen molar-refractivity contribution in [1.29, 1.82) is 0 Å². The summed E-state index contributed by atoms with van der Waals surface area (Å²) in [6.07, 6.45) is 3.80. The van der Waals surface area contributed by atoms with Crippen molar-refractivity contribution in [2.45, 2.75) is 44.9 Å². The summed E-state index contributed by atoms with van der Waals surface area (Å²) in [5, 5.41) is 10.7. The summed E-state index contributed by atoms with van der Waals surface area (Å²) in [7, 11) is 1.80. The van der Waals surface area contributed by atoms with Gasteiger partial charge in [-0.2, -0.15) is 0 Å². The van der Waals surface area contributed by atoms with Crippen molar-refractivity contribution in [3.8, 4) is 0 Å². The first-order valence-corrected chi connectivity index (χ1v) is 8.89. The number of piperidine rings is 1. The van der Waals surface area contributed by atoms with Crippen LogP contribution in [-0.4, -0.2) is 41.7 Å². The molecule has 0 spiro atoms. The summed E-state index contributed by atoms with van der Waals surface area (Å²) in [5.74, 6) is 0.816. The van der Waals surface area contributed by atoms with Crippen LogP contribution < -0.4 is 10.6 Å². The largest absolute Gasteiger partial charge is 0.364 e. The second kappa shape index (κ2) is 8.67. The van der Waals surface area contributed by atoms with Crippen LogP contribution in [0.2, 0.25) is 0 Å². The lowest BCUT2D eigenvalue weighted by Crippen LogP contribution is -2.51. The average molecular weight is 341 g/mol. The number of hydrogen-bond acceptors (Lipinski definition) is 4. The maximum atomic E-state index is 4.85. The predicted molar refractivity (Wildman–Crippen MR) is 99.2 cm³/mol. The Hall–Kier alpha value is -2.34. The number of aromatic nitrogens is 1. The average Bonchev–Trinajstić information content (AvgIpc) is 3.15. The molecule has 2 N–H and O–H groups in total. The normalized spacial score (nSPS) is 21.9. The Labute approximate surface area is 149 Å². The SMILES string of the molecule is CN=C(NCc1ccon1)NC1CCN(Cc2ccccc2)C(C)C1. The molecule has 1 aliphatic rings. The third-order valence-electron chi connectivity index (χ3n) is 4.73. The predicted octanol–water partition coefficient (Wildman–Crippen LogP) is 2.39. The molecule has 2 unspecified atom stereocenters. The summed E-state index contributed by atoms with van der Waals surface area (Å²) in [4.78, 5) is 6.87. The van der Waals surface area contributed by atoms with E-state index in [4.69, 9.17) is 4.52 Å². The van der Waals surface area contributed by atoms with Crippen molar-refractivity contribution in [2.75, 3.05) is 13.6 Å². The van der Waals surface area contributed by atoms with E-state index in [1.807, 2.05) is 6.07 Å². The lowest BCUT2D eigenvalue weighted by atomic mass is 9.97. The van der Waals surface area contributed by atoms with Gasteiger partial charge in [-0.15, -0.1) is 0 Å². The zero-order valence-electron chi connectivity index (χ0n) is 15.0. The first-order valence-electron chi connectivity index (χ1n) is 8.89. The molecule has 3 rings (SSSR count). The maximum absolute atomic E-state index is 4.85. The van der Waals surface area contributed by atoms with Gasteiger partial charge in [0.25, 0.3) is 0 Å². The van der Waals surface area contributed by atoms with Crippen molar-refractivity contribution < 1.29 is 4.52 Å². The van der Waals surface area contributed by atoms with Gasteiger partial charge in [-0.05, 0) is 25.3 Å². The number of guanidine groups is 1. The van der Waals surface area contributed by atoms with E-state index in [0.29, 0.717) is 18.6 Å². The minimum absolute atomic E-state index is 0.436.